The smallest absolute Gasteiger partial charge is 0.333 e. The maximum Gasteiger partial charge on any atom is 0.333 e. The zero-order valence-electron chi connectivity index (χ0n) is 12.3. The Hall–Kier alpha value is -2.55. The summed E-state index contributed by atoms with van der Waals surface area (Å²) in [5.74, 6) is -0.309. The lowest BCUT2D eigenvalue weighted by Crippen LogP contribution is -2.08. The highest BCUT2D eigenvalue weighted by Crippen LogP contribution is 2.07. The normalized spacial score (nSPS) is 9.19. The molecular weight excluding hydrogens is 262 g/mol. The number of para-hydroxylation sites is 1. The van der Waals surface area contributed by atoms with Crippen molar-refractivity contribution < 1.29 is 9.53 Å². The first-order chi connectivity index (χ1) is 10.1. The second-order valence-electron chi connectivity index (χ2n) is 4.40. The van der Waals surface area contributed by atoms with Crippen LogP contribution in [0.3, 0.4) is 0 Å². The van der Waals surface area contributed by atoms with Gasteiger partial charge in [-0.15, -0.1) is 0 Å². The molecule has 0 bridgehead atoms. The van der Waals surface area contributed by atoms with E-state index in [2.05, 4.69) is 6.58 Å². The van der Waals surface area contributed by atoms with Crippen LogP contribution >= 0.6 is 0 Å². The van der Waals surface area contributed by atoms with E-state index in [0.717, 1.165) is 11.3 Å². The van der Waals surface area contributed by atoms with E-state index in [1.807, 2.05) is 60.7 Å². The van der Waals surface area contributed by atoms with Crippen LogP contribution < -0.4 is 5.73 Å². The fourth-order valence-corrected chi connectivity index (χ4v) is 1.60. The van der Waals surface area contributed by atoms with Gasteiger partial charge in [0.1, 0.15) is 0 Å². The van der Waals surface area contributed by atoms with E-state index in [9.17, 15) is 4.79 Å². The Morgan fingerprint density at radius 2 is 1.57 bits per heavy atom. The van der Waals surface area contributed by atoms with E-state index in [0.29, 0.717) is 18.6 Å². The molecule has 3 heteroatoms. The number of benzene rings is 2. The molecule has 21 heavy (non-hydrogen) atoms. The highest BCUT2D eigenvalue weighted by Gasteiger charge is 2.07. The highest BCUT2D eigenvalue weighted by atomic mass is 16.5. The summed E-state index contributed by atoms with van der Waals surface area (Å²) in [6.07, 6.45) is 0.555. The number of anilines is 1. The lowest BCUT2D eigenvalue weighted by Gasteiger charge is -2.04. The third-order valence-electron chi connectivity index (χ3n) is 2.62. The Balaban J connectivity index is 0.000000262. The maximum absolute atomic E-state index is 11.2. The Morgan fingerprint density at radius 1 is 1.05 bits per heavy atom. The van der Waals surface area contributed by atoms with Crippen LogP contribution in [-0.2, 0) is 16.0 Å². The van der Waals surface area contributed by atoms with Gasteiger partial charge >= 0.3 is 5.97 Å². The number of hydrogen-bond donors (Lipinski definition) is 1. The average Bonchev–Trinajstić information content (AvgIpc) is 2.50. The molecule has 0 radical (unpaired) electrons. The van der Waals surface area contributed by atoms with Crippen LogP contribution in [0, 0.1) is 0 Å². The van der Waals surface area contributed by atoms with Gasteiger partial charge in [-0.1, -0.05) is 55.1 Å². The van der Waals surface area contributed by atoms with Crippen LogP contribution in [-0.4, -0.2) is 12.6 Å². The Labute approximate surface area is 126 Å². The molecule has 0 aliphatic carbocycles. The zero-order chi connectivity index (χ0) is 15.5. The van der Waals surface area contributed by atoms with Gasteiger partial charge in [0.25, 0.3) is 0 Å². The number of nitrogen functional groups attached to an aromatic ring is 1. The van der Waals surface area contributed by atoms with Gasteiger partial charge in [0.2, 0.25) is 0 Å². The first-order valence-corrected chi connectivity index (χ1v) is 6.82. The molecule has 2 N–H and O–H groups in total. The van der Waals surface area contributed by atoms with Crippen LogP contribution in [0.15, 0.2) is 72.8 Å². The molecule has 0 unspecified atom stereocenters. The van der Waals surface area contributed by atoms with Crippen molar-refractivity contribution in [2.75, 3.05) is 12.3 Å². The third kappa shape index (κ3) is 6.97. The second kappa shape index (κ2) is 9.37. The first kappa shape index (κ1) is 16.5. The molecule has 0 fully saturated rings. The van der Waals surface area contributed by atoms with E-state index in [-0.39, 0.29) is 5.97 Å². The Kier molecular flexibility index (Phi) is 7.36. The summed E-state index contributed by atoms with van der Waals surface area (Å²) in [7, 11) is 0. The minimum absolute atomic E-state index is 0.309. The van der Waals surface area contributed by atoms with E-state index in [1.165, 1.54) is 0 Å². The minimum Gasteiger partial charge on any atom is -0.463 e. The topological polar surface area (TPSA) is 52.3 Å². The molecule has 0 atom stereocenters. The van der Waals surface area contributed by atoms with Crippen LogP contribution in [0.25, 0.3) is 0 Å². The Morgan fingerprint density at radius 3 is 2.00 bits per heavy atom. The molecule has 2 aromatic rings. The van der Waals surface area contributed by atoms with Crippen LogP contribution in [0.1, 0.15) is 12.5 Å². The monoisotopic (exact) mass is 283 g/mol. The predicted octanol–water partition coefficient (Wildman–Crippen LogP) is 3.62. The fourth-order valence-electron chi connectivity index (χ4n) is 1.60. The van der Waals surface area contributed by atoms with E-state index in [4.69, 9.17) is 10.5 Å². The van der Waals surface area contributed by atoms with E-state index in [1.54, 1.807) is 6.92 Å². The number of carbonyl (C=O) groups is 1. The van der Waals surface area contributed by atoms with Crippen molar-refractivity contribution in [2.24, 2.45) is 0 Å². The standard InChI is InChI=1S/C12H14O2.C6H7N/c1-3-14-12(13)10(2)9-11-7-5-4-6-8-11;7-6-4-2-1-3-5-6/h4-8H,2-3,9H2,1H3;1-5H,7H2. The van der Waals surface area contributed by atoms with Gasteiger partial charge in [-0.05, 0) is 24.6 Å². The van der Waals surface area contributed by atoms with Crippen LogP contribution in [0.5, 0.6) is 0 Å². The quantitative estimate of drug-likeness (QED) is 0.530. The summed E-state index contributed by atoms with van der Waals surface area (Å²) in [5, 5.41) is 0. The van der Waals surface area contributed by atoms with E-state index < -0.39 is 0 Å². The van der Waals surface area contributed by atoms with Gasteiger partial charge < -0.3 is 10.5 Å². The summed E-state index contributed by atoms with van der Waals surface area (Å²) in [5.41, 5.74) is 7.75. The number of ether oxygens (including phenoxy) is 1. The van der Waals surface area contributed by atoms with Gasteiger partial charge in [-0.2, -0.15) is 0 Å². The van der Waals surface area contributed by atoms with Crippen LogP contribution in [0.2, 0.25) is 0 Å². The van der Waals surface area contributed by atoms with Crippen molar-refractivity contribution in [2.45, 2.75) is 13.3 Å². The molecule has 0 amide bonds. The van der Waals surface area contributed by atoms with Gasteiger partial charge in [0, 0.05) is 17.7 Å². The molecule has 0 aliphatic rings. The number of esters is 1. The molecule has 0 aromatic heterocycles. The summed E-state index contributed by atoms with van der Waals surface area (Å²) in [6, 6.07) is 19.2. The molecule has 0 heterocycles. The Bertz CT molecular complexity index is 550. The second-order valence-corrected chi connectivity index (χ2v) is 4.40. The molecular formula is C18H21NO2. The van der Waals surface area contributed by atoms with Crippen molar-refractivity contribution >= 4 is 11.7 Å². The fraction of sp³-hybridized carbons (Fsp3) is 0.167. The van der Waals surface area contributed by atoms with Gasteiger partial charge in [-0.3, -0.25) is 0 Å². The maximum atomic E-state index is 11.2. The van der Waals surface area contributed by atoms with E-state index >= 15 is 0 Å². The number of rotatable bonds is 4. The minimum atomic E-state index is -0.309. The zero-order valence-corrected chi connectivity index (χ0v) is 12.3. The summed E-state index contributed by atoms with van der Waals surface area (Å²) >= 11 is 0. The lowest BCUT2D eigenvalue weighted by atomic mass is 10.1. The third-order valence-corrected chi connectivity index (χ3v) is 2.62. The largest absolute Gasteiger partial charge is 0.463 e. The number of carbonyl (C=O) groups excluding carboxylic acids is 1. The predicted molar refractivity (Wildman–Crippen MR) is 86.8 cm³/mol. The number of nitrogens with two attached hydrogens (primary N) is 1. The molecule has 2 rings (SSSR count). The molecule has 0 aliphatic heterocycles. The molecule has 0 saturated heterocycles. The molecule has 3 nitrogen and oxygen atoms in total. The molecule has 2 aromatic carbocycles. The van der Waals surface area contributed by atoms with Crippen molar-refractivity contribution in [3.63, 3.8) is 0 Å². The SMILES string of the molecule is C=C(Cc1ccccc1)C(=O)OCC.Nc1ccccc1. The van der Waals surface area contributed by atoms with Gasteiger partial charge in [0.15, 0.2) is 0 Å². The van der Waals surface area contributed by atoms with Crippen molar-refractivity contribution in [1.29, 1.82) is 0 Å². The number of hydrogen-bond acceptors (Lipinski definition) is 3. The first-order valence-electron chi connectivity index (χ1n) is 6.82. The molecule has 0 saturated carbocycles. The van der Waals surface area contributed by atoms with Crippen molar-refractivity contribution in [3.05, 3.63) is 78.4 Å². The van der Waals surface area contributed by atoms with Gasteiger partial charge in [-0.25, -0.2) is 4.79 Å². The van der Waals surface area contributed by atoms with Gasteiger partial charge in [0.05, 0.1) is 6.61 Å². The summed E-state index contributed by atoms with van der Waals surface area (Å²) in [6.45, 7) is 5.87. The summed E-state index contributed by atoms with van der Waals surface area (Å²) < 4.78 is 4.84. The average molecular weight is 283 g/mol. The lowest BCUT2D eigenvalue weighted by molar-refractivity contribution is -0.138. The van der Waals surface area contributed by atoms with Crippen molar-refractivity contribution in [1.82, 2.24) is 0 Å². The molecule has 110 valence electrons. The van der Waals surface area contributed by atoms with Crippen LogP contribution in [0.4, 0.5) is 5.69 Å². The molecule has 0 spiro atoms. The highest BCUT2D eigenvalue weighted by molar-refractivity contribution is 5.88. The summed E-state index contributed by atoms with van der Waals surface area (Å²) in [4.78, 5) is 11.2. The van der Waals surface area contributed by atoms with Crippen molar-refractivity contribution in [3.8, 4) is 0 Å².